The van der Waals surface area contributed by atoms with Crippen molar-refractivity contribution in [3.63, 3.8) is 0 Å². The lowest BCUT2D eigenvalue weighted by Gasteiger charge is -2.03. The Morgan fingerprint density at radius 2 is 1.82 bits per heavy atom. The van der Waals surface area contributed by atoms with Gasteiger partial charge in [0.1, 0.15) is 0 Å². The van der Waals surface area contributed by atoms with Gasteiger partial charge in [-0.05, 0) is 29.8 Å². The van der Waals surface area contributed by atoms with E-state index in [0.29, 0.717) is 5.56 Å². The molecule has 0 saturated carbocycles. The van der Waals surface area contributed by atoms with Crippen LogP contribution >= 0.6 is 0 Å². The molecule has 0 bridgehead atoms. The fourth-order valence-electron chi connectivity index (χ4n) is 1.61. The van der Waals surface area contributed by atoms with Crippen LogP contribution in [0.3, 0.4) is 0 Å². The van der Waals surface area contributed by atoms with Crippen LogP contribution in [0, 0.1) is 0 Å². The Hall–Kier alpha value is -2.36. The molecule has 0 unspecified atom stereocenters. The predicted molar refractivity (Wildman–Crippen MR) is 64.1 cm³/mol. The number of carboxylic acids is 1. The summed E-state index contributed by atoms with van der Waals surface area (Å²) in [6, 6.07) is 9.76. The lowest BCUT2D eigenvalue weighted by Crippen LogP contribution is -2.17. The molecular weight excluding hydrogens is 218 g/mol. The predicted octanol–water partition coefficient (Wildman–Crippen LogP) is 1.75. The van der Waals surface area contributed by atoms with E-state index in [1.807, 2.05) is 0 Å². The third kappa shape index (κ3) is 2.10. The number of aromatic nitrogens is 1. The molecule has 86 valence electrons. The Balaban J connectivity index is 2.51. The first-order chi connectivity index (χ1) is 8.09. The van der Waals surface area contributed by atoms with Crippen LogP contribution < -0.4 is 5.56 Å². The first-order valence-corrected chi connectivity index (χ1v) is 5.09. The number of carboxylic acid groups (broad SMARTS) is 1. The van der Waals surface area contributed by atoms with Crippen LogP contribution in [0.1, 0.15) is 10.4 Å². The molecule has 17 heavy (non-hydrogen) atoms. The van der Waals surface area contributed by atoms with Crippen molar-refractivity contribution < 1.29 is 9.90 Å². The van der Waals surface area contributed by atoms with Gasteiger partial charge < -0.3 is 9.67 Å². The zero-order chi connectivity index (χ0) is 12.4. The number of carbonyl (C=O) groups is 1. The molecule has 0 fully saturated rings. The molecule has 0 aliphatic heterocycles. The fourth-order valence-corrected chi connectivity index (χ4v) is 1.61. The van der Waals surface area contributed by atoms with Gasteiger partial charge >= 0.3 is 5.97 Å². The second kappa shape index (κ2) is 4.25. The molecule has 2 aromatic rings. The molecule has 1 heterocycles. The van der Waals surface area contributed by atoms with Gasteiger partial charge in [0, 0.05) is 18.8 Å². The van der Waals surface area contributed by atoms with E-state index in [2.05, 4.69) is 0 Å². The maximum Gasteiger partial charge on any atom is 0.335 e. The van der Waals surface area contributed by atoms with E-state index in [9.17, 15) is 9.59 Å². The average molecular weight is 229 g/mol. The standard InChI is InChI=1S/C13H11NO3/c1-14-8-2-3-11(12(14)15)9-4-6-10(7-5-9)13(16)17/h2-8H,1H3,(H,16,17). The summed E-state index contributed by atoms with van der Waals surface area (Å²) in [6.45, 7) is 0. The summed E-state index contributed by atoms with van der Waals surface area (Å²) in [5, 5.41) is 8.78. The Morgan fingerprint density at radius 3 is 2.41 bits per heavy atom. The normalized spacial score (nSPS) is 10.2. The van der Waals surface area contributed by atoms with E-state index in [1.165, 1.54) is 16.7 Å². The number of benzene rings is 1. The largest absolute Gasteiger partial charge is 0.478 e. The third-order valence-corrected chi connectivity index (χ3v) is 2.57. The van der Waals surface area contributed by atoms with Crippen LogP contribution in [-0.4, -0.2) is 15.6 Å². The molecule has 1 aromatic heterocycles. The van der Waals surface area contributed by atoms with Gasteiger partial charge in [-0.2, -0.15) is 0 Å². The molecule has 0 aliphatic rings. The summed E-state index contributed by atoms with van der Waals surface area (Å²) in [6.07, 6.45) is 1.68. The van der Waals surface area contributed by atoms with Crippen molar-refractivity contribution in [1.29, 1.82) is 0 Å². The number of aromatic carboxylic acids is 1. The summed E-state index contributed by atoms with van der Waals surface area (Å²) in [5.74, 6) is -0.975. The summed E-state index contributed by atoms with van der Waals surface area (Å²) < 4.78 is 1.49. The van der Waals surface area contributed by atoms with Gasteiger partial charge in [-0.25, -0.2) is 4.79 Å². The Bertz CT molecular complexity index is 611. The molecule has 0 saturated heterocycles. The molecule has 0 amide bonds. The van der Waals surface area contributed by atoms with Crippen LogP contribution in [0.15, 0.2) is 47.4 Å². The number of hydrogen-bond donors (Lipinski definition) is 1. The Kier molecular flexibility index (Phi) is 2.78. The second-order valence-electron chi connectivity index (χ2n) is 3.72. The van der Waals surface area contributed by atoms with Crippen molar-refractivity contribution in [3.05, 3.63) is 58.5 Å². The van der Waals surface area contributed by atoms with E-state index in [4.69, 9.17) is 5.11 Å². The molecular formula is C13H11NO3. The zero-order valence-electron chi connectivity index (χ0n) is 9.25. The maximum absolute atomic E-state index is 11.8. The second-order valence-corrected chi connectivity index (χ2v) is 3.72. The van der Waals surface area contributed by atoms with Gasteiger partial charge in [0.2, 0.25) is 0 Å². The highest BCUT2D eigenvalue weighted by molar-refractivity contribution is 5.88. The molecule has 4 nitrogen and oxygen atoms in total. The minimum absolute atomic E-state index is 0.101. The number of pyridine rings is 1. The molecule has 0 radical (unpaired) electrons. The molecule has 1 aromatic carbocycles. The zero-order valence-corrected chi connectivity index (χ0v) is 9.25. The first-order valence-electron chi connectivity index (χ1n) is 5.09. The number of hydrogen-bond acceptors (Lipinski definition) is 2. The van der Waals surface area contributed by atoms with E-state index in [1.54, 1.807) is 37.5 Å². The summed E-state index contributed by atoms with van der Waals surface area (Å²) in [7, 11) is 1.68. The number of aryl methyl sites for hydroxylation is 1. The molecule has 0 atom stereocenters. The van der Waals surface area contributed by atoms with Crippen LogP contribution in [0.2, 0.25) is 0 Å². The van der Waals surface area contributed by atoms with Crippen LogP contribution in [0.25, 0.3) is 11.1 Å². The smallest absolute Gasteiger partial charge is 0.335 e. The Labute approximate surface area is 97.8 Å². The highest BCUT2D eigenvalue weighted by atomic mass is 16.4. The third-order valence-electron chi connectivity index (χ3n) is 2.57. The van der Waals surface area contributed by atoms with E-state index < -0.39 is 5.97 Å². The number of rotatable bonds is 2. The van der Waals surface area contributed by atoms with E-state index in [0.717, 1.165) is 5.56 Å². The van der Waals surface area contributed by atoms with Crippen molar-refractivity contribution in [3.8, 4) is 11.1 Å². The van der Waals surface area contributed by atoms with Crippen molar-refractivity contribution >= 4 is 5.97 Å². The number of nitrogens with zero attached hydrogens (tertiary/aromatic N) is 1. The van der Waals surface area contributed by atoms with Crippen LogP contribution in [-0.2, 0) is 7.05 Å². The average Bonchev–Trinajstić information content (AvgIpc) is 2.33. The van der Waals surface area contributed by atoms with Crippen LogP contribution in [0.4, 0.5) is 0 Å². The van der Waals surface area contributed by atoms with Gasteiger partial charge in [0.05, 0.1) is 5.56 Å². The van der Waals surface area contributed by atoms with Gasteiger partial charge in [-0.1, -0.05) is 12.1 Å². The van der Waals surface area contributed by atoms with Gasteiger partial charge in [-0.15, -0.1) is 0 Å². The minimum Gasteiger partial charge on any atom is -0.478 e. The highest BCUT2D eigenvalue weighted by Crippen LogP contribution is 2.15. The highest BCUT2D eigenvalue weighted by Gasteiger charge is 2.06. The lowest BCUT2D eigenvalue weighted by molar-refractivity contribution is 0.0697. The Morgan fingerprint density at radius 1 is 1.18 bits per heavy atom. The van der Waals surface area contributed by atoms with E-state index in [-0.39, 0.29) is 11.1 Å². The molecule has 1 N–H and O–H groups in total. The summed E-state index contributed by atoms with van der Waals surface area (Å²) in [5.41, 5.74) is 1.39. The van der Waals surface area contributed by atoms with Crippen molar-refractivity contribution in [2.45, 2.75) is 0 Å². The summed E-state index contributed by atoms with van der Waals surface area (Å²) in [4.78, 5) is 22.5. The van der Waals surface area contributed by atoms with Crippen molar-refractivity contribution in [1.82, 2.24) is 4.57 Å². The SMILES string of the molecule is Cn1cccc(-c2ccc(C(=O)O)cc2)c1=O. The topological polar surface area (TPSA) is 59.3 Å². The molecule has 4 heteroatoms. The minimum atomic E-state index is -0.975. The monoisotopic (exact) mass is 229 g/mol. The van der Waals surface area contributed by atoms with E-state index >= 15 is 0 Å². The quantitative estimate of drug-likeness (QED) is 0.853. The van der Waals surface area contributed by atoms with Gasteiger partial charge in [0.25, 0.3) is 5.56 Å². The fraction of sp³-hybridized carbons (Fsp3) is 0.0769. The molecule has 0 spiro atoms. The lowest BCUT2D eigenvalue weighted by atomic mass is 10.1. The van der Waals surface area contributed by atoms with Gasteiger partial charge in [-0.3, -0.25) is 4.79 Å². The molecule has 0 aliphatic carbocycles. The summed E-state index contributed by atoms with van der Waals surface area (Å²) >= 11 is 0. The van der Waals surface area contributed by atoms with Crippen molar-refractivity contribution in [2.24, 2.45) is 7.05 Å². The first kappa shape index (κ1) is 11.1. The van der Waals surface area contributed by atoms with Crippen molar-refractivity contribution in [2.75, 3.05) is 0 Å². The maximum atomic E-state index is 11.8. The molecule has 2 rings (SSSR count). The van der Waals surface area contributed by atoms with Gasteiger partial charge in [0.15, 0.2) is 0 Å². The van der Waals surface area contributed by atoms with Crippen LogP contribution in [0.5, 0.6) is 0 Å².